The van der Waals surface area contributed by atoms with Crippen LogP contribution in [0.1, 0.15) is 45.1 Å². The van der Waals surface area contributed by atoms with Crippen LogP contribution < -0.4 is 0 Å². The van der Waals surface area contributed by atoms with E-state index >= 15 is 0 Å². The predicted molar refractivity (Wildman–Crippen MR) is 84.7 cm³/mol. The Balaban J connectivity index is 1.80. The van der Waals surface area contributed by atoms with Gasteiger partial charge in [0.15, 0.2) is 0 Å². The summed E-state index contributed by atoms with van der Waals surface area (Å²) in [6.45, 7) is 4.97. The van der Waals surface area contributed by atoms with E-state index in [1.54, 1.807) is 0 Å². The van der Waals surface area contributed by atoms with E-state index in [-0.39, 0.29) is 10.8 Å². The molecule has 3 heteroatoms. The van der Waals surface area contributed by atoms with E-state index in [2.05, 4.69) is 29.8 Å². The molecule has 1 aromatic rings. The lowest BCUT2D eigenvalue weighted by molar-refractivity contribution is -0.145. The number of rotatable bonds is 4. The highest BCUT2D eigenvalue weighted by molar-refractivity contribution is 9.10. The second kappa shape index (κ2) is 6.75. The van der Waals surface area contributed by atoms with Gasteiger partial charge >= 0.3 is 5.97 Å². The molecule has 0 bridgehead atoms. The molecule has 0 amide bonds. The summed E-state index contributed by atoms with van der Waals surface area (Å²) in [5.74, 6) is 0.282. The maximum Gasteiger partial charge on any atom is 0.320 e. The summed E-state index contributed by atoms with van der Waals surface area (Å²) >= 11 is 3.54. The van der Waals surface area contributed by atoms with Crippen molar-refractivity contribution in [1.82, 2.24) is 0 Å². The third-order valence-corrected chi connectivity index (χ3v) is 5.37. The Morgan fingerprint density at radius 1 is 1.30 bits per heavy atom. The first-order valence-corrected chi connectivity index (χ1v) is 8.24. The molecule has 1 unspecified atom stereocenters. The van der Waals surface area contributed by atoms with Gasteiger partial charge in [0, 0.05) is 0 Å². The van der Waals surface area contributed by atoms with Gasteiger partial charge in [0.05, 0.1) is 0 Å². The van der Waals surface area contributed by atoms with Crippen molar-refractivity contribution in [2.24, 2.45) is 11.3 Å². The molecule has 0 heterocycles. The second-order valence-corrected chi connectivity index (χ2v) is 7.48. The van der Waals surface area contributed by atoms with Gasteiger partial charge in [0.1, 0.15) is 11.4 Å². The summed E-state index contributed by atoms with van der Waals surface area (Å²) in [7, 11) is 0. The van der Waals surface area contributed by atoms with Crippen LogP contribution in [-0.2, 0) is 16.1 Å². The molecule has 2 nitrogen and oxygen atoms in total. The maximum absolute atomic E-state index is 12.1. The lowest BCUT2D eigenvalue weighted by atomic mass is 9.72. The van der Waals surface area contributed by atoms with Crippen molar-refractivity contribution in [1.29, 1.82) is 0 Å². The SMILES string of the molecule is CC1(C)CCC(C(Br)C(=O)OCc2ccccc2)CC1. The first kappa shape index (κ1) is 15.6. The number of carbonyl (C=O) groups excluding carboxylic acids is 1. The predicted octanol–water partition coefficient (Wildman–Crippen LogP) is 4.71. The molecule has 110 valence electrons. The van der Waals surface area contributed by atoms with Gasteiger partial charge in [-0.1, -0.05) is 60.1 Å². The lowest BCUT2D eigenvalue weighted by Gasteiger charge is -2.35. The first-order valence-electron chi connectivity index (χ1n) is 7.32. The van der Waals surface area contributed by atoms with Gasteiger partial charge in [0.2, 0.25) is 0 Å². The van der Waals surface area contributed by atoms with E-state index in [1.165, 1.54) is 12.8 Å². The van der Waals surface area contributed by atoms with Crippen LogP contribution in [0.4, 0.5) is 0 Å². The van der Waals surface area contributed by atoms with Gasteiger partial charge in [-0.15, -0.1) is 0 Å². The second-order valence-electron chi connectivity index (χ2n) is 6.50. The average Bonchev–Trinajstić information content (AvgIpc) is 2.45. The number of hydrogen-bond donors (Lipinski definition) is 0. The monoisotopic (exact) mass is 338 g/mol. The number of halogens is 1. The molecule has 1 aliphatic rings. The number of carbonyl (C=O) groups is 1. The van der Waals surface area contributed by atoms with Crippen molar-refractivity contribution < 1.29 is 9.53 Å². The van der Waals surface area contributed by atoms with Crippen LogP contribution in [0.2, 0.25) is 0 Å². The smallest absolute Gasteiger partial charge is 0.320 e. The van der Waals surface area contributed by atoms with Crippen LogP contribution in [0.25, 0.3) is 0 Å². The standard InChI is InChI=1S/C17H23BrO2/c1-17(2)10-8-14(9-11-17)15(18)16(19)20-12-13-6-4-3-5-7-13/h3-7,14-15H,8-12H2,1-2H3. The molecular formula is C17H23BrO2. The lowest BCUT2D eigenvalue weighted by Crippen LogP contribution is -2.31. The first-order chi connectivity index (χ1) is 9.48. The Kier molecular flexibility index (Phi) is 5.25. The Morgan fingerprint density at radius 2 is 1.90 bits per heavy atom. The summed E-state index contributed by atoms with van der Waals surface area (Å²) in [6.07, 6.45) is 4.57. The zero-order valence-electron chi connectivity index (χ0n) is 12.3. The number of benzene rings is 1. The molecule has 1 fully saturated rings. The molecule has 0 radical (unpaired) electrons. The van der Waals surface area contributed by atoms with Crippen molar-refractivity contribution in [3.8, 4) is 0 Å². The van der Waals surface area contributed by atoms with E-state index in [9.17, 15) is 4.79 Å². The van der Waals surface area contributed by atoms with Crippen molar-refractivity contribution >= 4 is 21.9 Å². The summed E-state index contributed by atoms with van der Waals surface area (Å²) in [5, 5.41) is 0. The molecule has 1 aromatic carbocycles. The molecule has 0 spiro atoms. The Hall–Kier alpha value is -0.830. The summed E-state index contributed by atoms with van der Waals surface area (Å²) in [5.41, 5.74) is 1.46. The zero-order valence-corrected chi connectivity index (χ0v) is 13.9. The number of ether oxygens (including phenoxy) is 1. The third kappa shape index (κ3) is 4.34. The van der Waals surface area contributed by atoms with Crippen LogP contribution in [0.3, 0.4) is 0 Å². The summed E-state index contributed by atoms with van der Waals surface area (Å²) in [4.78, 5) is 11.9. The van der Waals surface area contributed by atoms with Crippen LogP contribution in [0.15, 0.2) is 30.3 Å². The topological polar surface area (TPSA) is 26.3 Å². The minimum absolute atomic E-state index is 0.126. The highest BCUT2D eigenvalue weighted by Crippen LogP contribution is 2.40. The molecule has 0 N–H and O–H groups in total. The quantitative estimate of drug-likeness (QED) is 0.587. The molecular weight excluding hydrogens is 316 g/mol. The normalized spacial score (nSPS) is 20.4. The van der Waals surface area contributed by atoms with Gasteiger partial charge < -0.3 is 4.74 Å². The highest BCUT2D eigenvalue weighted by Gasteiger charge is 2.34. The van der Waals surface area contributed by atoms with E-state index < -0.39 is 0 Å². The van der Waals surface area contributed by atoms with Gasteiger partial charge in [-0.05, 0) is 42.6 Å². The fourth-order valence-corrected chi connectivity index (χ4v) is 3.38. The average molecular weight is 339 g/mol. The van der Waals surface area contributed by atoms with Crippen molar-refractivity contribution in [3.63, 3.8) is 0 Å². The van der Waals surface area contributed by atoms with Crippen LogP contribution in [-0.4, -0.2) is 10.8 Å². The highest BCUT2D eigenvalue weighted by atomic mass is 79.9. The third-order valence-electron chi connectivity index (χ3n) is 4.25. The van der Waals surface area contributed by atoms with E-state index in [4.69, 9.17) is 4.74 Å². The van der Waals surface area contributed by atoms with Gasteiger partial charge in [0.25, 0.3) is 0 Å². The minimum atomic E-state index is -0.165. The van der Waals surface area contributed by atoms with Crippen LogP contribution in [0.5, 0.6) is 0 Å². The van der Waals surface area contributed by atoms with E-state index in [0.717, 1.165) is 18.4 Å². The molecule has 0 saturated heterocycles. The Morgan fingerprint density at radius 3 is 2.50 bits per heavy atom. The fraction of sp³-hybridized carbons (Fsp3) is 0.588. The maximum atomic E-state index is 12.1. The van der Waals surface area contributed by atoms with E-state index in [0.29, 0.717) is 17.9 Å². The van der Waals surface area contributed by atoms with Crippen LogP contribution >= 0.6 is 15.9 Å². The molecule has 0 aromatic heterocycles. The zero-order chi connectivity index (χ0) is 14.6. The number of alkyl halides is 1. The molecule has 2 rings (SSSR count). The summed E-state index contributed by atoms with van der Waals surface area (Å²) in [6, 6.07) is 9.82. The minimum Gasteiger partial charge on any atom is -0.460 e. The number of esters is 1. The molecule has 20 heavy (non-hydrogen) atoms. The molecule has 0 aliphatic heterocycles. The summed E-state index contributed by atoms with van der Waals surface area (Å²) < 4.78 is 5.41. The van der Waals surface area contributed by atoms with Crippen LogP contribution in [0, 0.1) is 11.3 Å². The molecule has 1 saturated carbocycles. The largest absolute Gasteiger partial charge is 0.460 e. The van der Waals surface area contributed by atoms with Gasteiger partial charge in [-0.3, -0.25) is 4.79 Å². The molecule has 1 atom stereocenters. The fourth-order valence-electron chi connectivity index (χ4n) is 2.72. The Labute approximate surface area is 130 Å². The van der Waals surface area contributed by atoms with E-state index in [1.807, 2.05) is 30.3 Å². The molecule has 1 aliphatic carbocycles. The number of hydrogen-bond acceptors (Lipinski definition) is 2. The van der Waals surface area contributed by atoms with Gasteiger partial charge in [-0.2, -0.15) is 0 Å². The Bertz CT molecular complexity index is 432. The van der Waals surface area contributed by atoms with Crippen molar-refractivity contribution in [3.05, 3.63) is 35.9 Å². The van der Waals surface area contributed by atoms with Gasteiger partial charge in [-0.25, -0.2) is 0 Å². The van der Waals surface area contributed by atoms with Crippen molar-refractivity contribution in [2.75, 3.05) is 0 Å². The van der Waals surface area contributed by atoms with Crippen molar-refractivity contribution in [2.45, 2.75) is 51.0 Å².